The summed E-state index contributed by atoms with van der Waals surface area (Å²) in [5.74, 6) is -1.13. The maximum absolute atomic E-state index is 13.0. The van der Waals surface area contributed by atoms with Crippen molar-refractivity contribution in [1.82, 2.24) is 19.6 Å². The van der Waals surface area contributed by atoms with Crippen LogP contribution in [-0.2, 0) is 17.1 Å². The van der Waals surface area contributed by atoms with Crippen molar-refractivity contribution in [3.8, 4) is 0 Å². The SMILES string of the molecule is Cc1cc(N2CCOC(c3ccc(C(F)(F)F)cc3)C2)n2nc(C(F)(F)F)nc2n1. The highest BCUT2D eigenvalue weighted by Crippen LogP contribution is 2.32. The Kier molecular flexibility index (Phi) is 4.83. The van der Waals surface area contributed by atoms with Crippen LogP contribution in [0.5, 0.6) is 0 Å². The van der Waals surface area contributed by atoms with E-state index in [1.807, 2.05) is 0 Å². The fraction of sp³-hybridized carbons (Fsp3) is 0.389. The number of anilines is 1. The minimum absolute atomic E-state index is 0.185. The molecular weight excluding hydrogens is 416 g/mol. The highest BCUT2D eigenvalue weighted by Gasteiger charge is 2.37. The molecule has 3 aromatic rings. The van der Waals surface area contributed by atoms with Crippen LogP contribution in [0, 0.1) is 6.92 Å². The molecule has 30 heavy (non-hydrogen) atoms. The average Bonchev–Trinajstić information content (AvgIpc) is 3.11. The molecule has 0 aliphatic carbocycles. The molecule has 1 aromatic carbocycles. The first-order valence-corrected chi connectivity index (χ1v) is 8.88. The van der Waals surface area contributed by atoms with Crippen LogP contribution < -0.4 is 4.90 Å². The zero-order valence-electron chi connectivity index (χ0n) is 15.5. The second kappa shape index (κ2) is 7.11. The van der Waals surface area contributed by atoms with Crippen molar-refractivity contribution >= 4 is 11.6 Å². The zero-order chi connectivity index (χ0) is 21.7. The molecule has 0 radical (unpaired) electrons. The van der Waals surface area contributed by atoms with Gasteiger partial charge in [0.15, 0.2) is 0 Å². The summed E-state index contributed by atoms with van der Waals surface area (Å²) in [5.41, 5.74) is 0.216. The van der Waals surface area contributed by atoms with E-state index in [4.69, 9.17) is 4.74 Å². The molecule has 1 aliphatic heterocycles. The normalized spacial score (nSPS) is 18.2. The van der Waals surface area contributed by atoms with Crippen molar-refractivity contribution in [2.24, 2.45) is 0 Å². The van der Waals surface area contributed by atoms with Gasteiger partial charge in [-0.2, -0.15) is 35.8 Å². The lowest BCUT2D eigenvalue weighted by Gasteiger charge is -2.34. The van der Waals surface area contributed by atoms with Gasteiger partial charge in [-0.05, 0) is 24.6 Å². The summed E-state index contributed by atoms with van der Waals surface area (Å²) >= 11 is 0. The summed E-state index contributed by atoms with van der Waals surface area (Å²) in [6.07, 6.45) is -9.72. The van der Waals surface area contributed by atoms with Gasteiger partial charge in [0.2, 0.25) is 0 Å². The van der Waals surface area contributed by atoms with Gasteiger partial charge in [-0.1, -0.05) is 12.1 Å². The monoisotopic (exact) mass is 431 g/mol. The Bertz CT molecular complexity index is 1060. The number of hydrogen-bond acceptors (Lipinski definition) is 5. The summed E-state index contributed by atoms with van der Waals surface area (Å²) < 4.78 is 84.1. The molecule has 1 fully saturated rings. The Morgan fingerprint density at radius 1 is 1.00 bits per heavy atom. The number of hydrogen-bond donors (Lipinski definition) is 0. The van der Waals surface area contributed by atoms with Crippen LogP contribution in [0.3, 0.4) is 0 Å². The molecule has 160 valence electrons. The zero-order valence-corrected chi connectivity index (χ0v) is 15.5. The first kappa shape index (κ1) is 20.4. The molecule has 0 saturated carbocycles. The number of aromatic nitrogens is 4. The van der Waals surface area contributed by atoms with E-state index < -0.39 is 29.8 Å². The third kappa shape index (κ3) is 3.91. The number of nitrogens with zero attached hydrogens (tertiary/aromatic N) is 5. The largest absolute Gasteiger partial charge is 0.453 e. The smallest absolute Gasteiger partial charge is 0.370 e. The highest BCUT2D eigenvalue weighted by atomic mass is 19.4. The number of aryl methyl sites for hydroxylation is 1. The third-order valence-corrected chi connectivity index (χ3v) is 4.68. The summed E-state index contributed by atoms with van der Waals surface area (Å²) in [6, 6.07) is 6.19. The summed E-state index contributed by atoms with van der Waals surface area (Å²) in [5, 5.41) is 3.55. The van der Waals surface area contributed by atoms with Crippen molar-refractivity contribution in [2.45, 2.75) is 25.4 Å². The second-order valence-corrected chi connectivity index (χ2v) is 6.83. The topological polar surface area (TPSA) is 55.6 Å². The molecule has 12 heteroatoms. The molecule has 0 bridgehead atoms. The van der Waals surface area contributed by atoms with Crippen LogP contribution in [0.1, 0.15) is 28.7 Å². The minimum atomic E-state index is -4.72. The summed E-state index contributed by atoms with van der Waals surface area (Å²) in [4.78, 5) is 9.21. The number of morpholine rings is 1. The lowest BCUT2D eigenvalue weighted by atomic mass is 10.1. The van der Waals surface area contributed by atoms with E-state index in [9.17, 15) is 26.3 Å². The van der Waals surface area contributed by atoms with Crippen LogP contribution >= 0.6 is 0 Å². The van der Waals surface area contributed by atoms with Gasteiger partial charge in [-0.15, -0.1) is 5.10 Å². The van der Waals surface area contributed by atoms with Gasteiger partial charge >= 0.3 is 12.4 Å². The van der Waals surface area contributed by atoms with Gasteiger partial charge in [0.25, 0.3) is 11.6 Å². The molecule has 1 unspecified atom stereocenters. The van der Waals surface area contributed by atoms with Crippen LogP contribution in [0.4, 0.5) is 32.2 Å². The first-order valence-electron chi connectivity index (χ1n) is 8.88. The van der Waals surface area contributed by atoms with Crippen LogP contribution in [0.2, 0.25) is 0 Å². The fourth-order valence-electron chi connectivity index (χ4n) is 3.26. The van der Waals surface area contributed by atoms with Crippen LogP contribution in [0.25, 0.3) is 5.78 Å². The minimum Gasteiger partial charge on any atom is -0.370 e. The standard InChI is InChI=1S/C18H15F6N5O/c1-10-8-14(29-16(25-10)26-15(27-29)18(22,23)24)28-6-7-30-13(9-28)11-2-4-12(5-3-11)17(19,20)21/h2-5,8,13H,6-7,9H2,1H3. The highest BCUT2D eigenvalue weighted by molar-refractivity contribution is 5.48. The molecular formula is C18H15F6N5O. The van der Waals surface area contributed by atoms with Crippen molar-refractivity contribution in [1.29, 1.82) is 0 Å². The predicted molar refractivity (Wildman–Crippen MR) is 92.9 cm³/mol. The number of alkyl halides is 6. The van der Waals surface area contributed by atoms with Crippen molar-refractivity contribution in [2.75, 3.05) is 24.6 Å². The molecule has 1 saturated heterocycles. The van der Waals surface area contributed by atoms with E-state index in [0.717, 1.165) is 16.6 Å². The average molecular weight is 431 g/mol. The molecule has 0 spiro atoms. The van der Waals surface area contributed by atoms with Crippen molar-refractivity contribution < 1.29 is 31.1 Å². The molecule has 0 amide bonds. The molecule has 1 atom stereocenters. The second-order valence-electron chi connectivity index (χ2n) is 6.83. The molecule has 1 aliphatic rings. The van der Waals surface area contributed by atoms with E-state index in [1.54, 1.807) is 17.9 Å². The predicted octanol–water partition coefficient (Wildman–Crippen LogP) is 4.05. The Morgan fingerprint density at radius 2 is 1.70 bits per heavy atom. The molecule has 0 N–H and O–H groups in total. The third-order valence-electron chi connectivity index (χ3n) is 4.68. The number of benzene rings is 1. The fourth-order valence-corrected chi connectivity index (χ4v) is 3.26. The van der Waals surface area contributed by atoms with E-state index in [-0.39, 0.29) is 18.9 Å². The van der Waals surface area contributed by atoms with Gasteiger partial charge in [0, 0.05) is 24.8 Å². The van der Waals surface area contributed by atoms with E-state index in [2.05, 4.69) is 15.1 Å². The number of fused-ring (bicyclic) bond motifs is 1. The van der Waals surface area contributed by atoms with E-state index in [0.29, 0.717) is 23.6 Å². The molecule has 4 rings (SSSR count). The summed E-state index contributed by atoms with van der Waals surface area (Å²) in [6.45, 7) is 2.43. The Morgan fingerprint density at radius 3 is 2.33 bits per heavy atom. The van der Waals surface area contributed by atoms with E-state index >= 15 is 0 Å². The Hall–Kier alpha value is -2.89. The number of halogens is 6. The first-order chi connectivity index (χ1) is 14.0. The van der Waals surface area contributed by atoms with Gasteiger partial charge in [-0.3, -0.25) is 0 Å². The molecule has 6 nitrogen and oxygen atoms in total. The maximum atomic E-state index is 13.0. The lowest BCUT2D eigenvalue weighted by Crippen LogP contribution is -2.39. The van der Waals surface area contributed by atoms with Crippen molar-refractivity contribution in [3.63, 3.8) is 0 Å². The number of ether oxygens (including phenoxy) is 1. The quantitative estimate of drug-likeness (QED) is 0.574. The Labute approximate surface area is 166 Å². The lowest BCUT2D eigenvalue weighted by molar-refractivity contribution is -0.144. The van der Waals surface area contributed by atoms with Gasteiger partial charge in [0.1, 0.15) is 11.9 Å². The number of rotatable bonds is 2. The van der Waals surface area contributed by atoms with Crippen molar-refractivity contribution in [3.05, 3.63) is 53.0 Å². The summed E-state index contributed by atoms with van der Waals surface area (Å²) in [7, 11) is 0. The van der Waals surface area contributed by atoms with Crippen LogP contribution in [-0.4, -0.2) is 39.3 Å². The molecule has 2 aromatic heterocycles. The maximum Gasteiger partial charge on any atom is 0.453 e. The van der Waals surface area contributed by atoms with Gasteiger partial charge < -0.3 is 9.64 Å². The van der Waals surface area contributed by atoms with Gasteiger partial charge in [-0.25, -0.2) is 4.98 Å². The van der Waals surface area contributed by atoms with Crippen LogP contribution in [0.15, 0.2) is 30.3 Å². The molecule has 3 heterocycles. The van der Waals surface area contributed by atoms with Gasteiger partial charge in [0.05, 0.1) is 12.2 Å². The Balaban J connectivity index is 1.65. The van der Waals surface area contributed by atoms with E-state index in [1.165, 1.54) is 12.1 Å².